The summed E-state index contributed by atoms with van der Waals surface area (Å²) in [5.74, 6) is 0.484. The molecule has 1 fully saturated rings. The van der Waals surface area contributed by atoms with Crippen molar-refractivity contribution >= 4 is 0 Å². The van der Waals surface area contributed by atoms with Gasteiger partial charge < -0.3 is 5.32 Å². The third-order valence-corrected chi connectivity index (χ3v) is 3.70. The molecule has 0 unspecified atom stereocenters. The summed E-state index contributed by atoms with van der Waals surface area (Å²) in [7, 11) is 0. The number of aromatic nitrogens is 2. The topological polar surface area (TPSA) is 37.8 Å². The lowest BCUT2D eigenvalue weighted by Gasteiger charge is -2.23. The highest BCUT2D eigenvalue weighted by molar-refractivity contribution is 5.63. The number of rotatable bonds is 2. The van der Waals surface area contributed by atoms with Gasteiger partial charge in [0, 0.05) is 30.4 Å². The van der Waals surface area contributed by atoms with Crippen LogP contribution in [-0.4, -0.2) is 23.1 Å². The van der Waals surface area contributed by atoms with Gasteiger partial charge in [0.15, 0.2) is 0 Å². The summed E-state index contributed by atoms with van der Waals surface area (Å²) >= 11 is 0. The van der Waals surface area contributed by atoms with Crippen LogP contribution in [0, 0.1) is 6.92 Å². The number of nitrogens with zero attached hydrogens (tertiary/aromatic N) is 2. The summed E-state index contributed by atoms with van der Waals surface area (Å²) in [5.41, 5.74) is 4.62. The second kappa shape index (κ2) is 5.49. The highest BCUT2D eigenvalue weighted by atomic mass is 14.9. The highest BCUT2D eigenvalue weighted by Crippen LogP contribution is 2.29. The van der Waals surface area contributed by atoms with E-state index in [2.05, 4.69) is 46.5 Å². The first-order valence-corrected chi connectivity index (χ1v) is 6.93. The van der Waals surface area contributed by atoms with E-state index in [0.717, 1.165) is 24.5 Å². The van der Waals surface area contributed by atoms with Gasteiger partial charge in [-0.3, -0.25) is 9.97 Å². The Bertz CT molecular complexity index is 559. The van der Waals surface area contributed by atoms with E-state index in [1.807, 2.05) is 6.20 Å². The van der Waals surface area contributed by atoms with Crippen molar-refractivity contribution in [2.24, 2.45) is 0 Å². The molecule has 1 aliphatic heterocycles. The largest absolute Gasteiger partial charge is 0.316 e. The third kappa shape index (κ3) is 2.66. The molecule has 98 valence electrons. The van der Waals surface area contributed by atoms with Crippen molar-refractivity contribution in [1.29, 1.82) is 0 Å². The number of hydrogen-bond donors (Lipinski definition) is 1. The molecule has 1 aromatic heterocycles. The molecule has 2 aromatic rings. The molecule has 1 aromatic carbocycles. The van der Waals surface area contributed by atoms with Gasteiger partial charge in [-0.25, -0.2) is 0 Å². The Kier molecular flexibility index (Phi) is 3.56. The van der Waals surface area contributed by atoms with E-state index in [1.165, 1.54) is 24.0 Å². The molecule has 2 heterocycles. The number of nitrogens with one attached hydrogen (secondary N) is 1. The SMILES string of the molecule is Cc1cccc(-c2nccnc2[C@@H]2CCCNC2)c1. The fraction of sp³-hybridized carbons (Fsp3) is 0.375. The Morgan fingerprint density at radius 3 is 2.89 bits per heavy atom. The molecule has 19 heavy (non-hydrogen) atoms. The predicted molar refractivity (Wildman–Crippen MR) is 77.0 cm³/mol. The summed E-state index contributed by atoms with van der Waals surface area (Å²) in [5, 5.41) is 3.46. The van der Waals surface area contributed by atoms with Crippen LogP contribution in [0.2, 0.25) is 0 Å². The maximum absolute atomic E-state index is 4.61. The molecule has 0 amide bonds. The summed E-state index contributed by atoms with van der Waals surface area (Å²) in [6.45, 7) is 4.25. The van der Waals surface area contributed by atoms with Crippen LogP contribution in [0.15, 0.2) is 36.7 Å². The van der Waals surface area contributed by atoms with Gasteiger partial charge in [0.1, 0.15) is 0 Å². The van der Waals surface area contributed by atoms with Crippen LogP contribution in [0.1, 0.15) is 30.0 Å². The standard InChI is InChI=1S/C16H19N3/c1-12-4-2-5-13(10-12)15-16(19-9-8-18-15)14-6-3-7-17-11-14/h2,4-5,8-10,14,17H,3,6-7,11H2,1H3/t14-/m1/s1. The molecule has 1 saturated heterocycles. The zero-order valence-corrected chi connectivity index (χ0v) is 11.3. The van der Waals surface area contributed by atoms with Crippen LogP contribution in [0.25, 0.3) is 11.3 Å². The van der Waals surface area contributed by atoms with Crippen LogP contribution in [0.4, 0.5) is 0 Å². The van der Waals surface area contributed by atoms with Crippen LogP contribution in [0.3, 0.4) is 0 Å². The van der Waals surface area contributed by atoms with Crippen molar-refractivity contribution in [1.82, 2.24) is 15.3 Å². The van der Waals surface area contributed by atoms with E-state index in [4.69, 9.17) is 0 Å². The van der Waals surface area contributed by atoms with Crippen molar-refractivity contribution in [2.45, 2.75) is 25.7 Å². The molecule has 3 heteroatoms. The average Bonchev–Trinajstić information content (AvgIpc) is 2.48. The molecule has 0 saturated carbocycles. The van der Waals surface area contributed by atoms with Crippen LogP contribution >= 0.6 is 0 Å². The number of benzene rings is 1. The number of hydrogen-bond acceptors (Lipinski definition) is 3. The molecule has 3 nitrogen and oxygen atoms in total. The van der Waals surface area contributed by atoms with Crippen molar-refractivity contribution in [2.75, 3.05) is 13.1 Å². The van der Waals surface area contributed by atoms with Crippen LogP contribution < -0.4 is 5.32 Å². The maximum atomic E-state index is 4.61. The van der Waals surface area contributed by atoms with Gasteiger partial charge >= 0.3 is 0 Å². The first kappa shape index (κ1) is 12.3. The molecular formula is C16H19N3. The zero-order valence-electron chi connectivity index (χ0n) is 11.3. The Morgan fingerprint density at radius 2 is 2.11 bits per heavy atom. The van der Waals surface area contributed by atoms with E-state index in [1.54, 1.807) is 6.20 Å². The first-order valence-electron chi connectivity index (χ1n) is 6.93. The monoisotopic (exact) mass is 253 g/mol. The molecule has 1 aliphatic rings. The van der Waals surface area contributed by atoms with Crippen molar-refractivity contribution in [3.05, 3.63) is 47.9 Å². The fourth-order valence-electron chi connectivity index (χ4n) is 2.75. The first-order chi connectivity index (χ1) is 9.34. The molecular weight excluding hydrogens is 234 g/mol. The average molecular weight is 253 g/mol. The van der Waals surface area contributed by atoms with Gasteiger partial charge in [-0.2, -0.15) is 0 Å². The molecule has 3 rings (SSSR count). The van der Waals surface area contributed by atoms with Crippen molar-refractivity contribution in [3.63, 3.8) is 0 Å². The quantitative estimate of drug-likeness (QED) is 0.894. The molecule has 0 aliphatic carbocycles. The van der Waals surface area contributed by atoms with Crippen LogP contribution in [0.5, 0.6) is 0 Å². The van der Waals surface area contributed by atoms with Crippen LogP contribution in [-0.2, 0) is 0 Å². The summed E-state index contributed by atoms with van der Waals surface area (Å²) in [6.07, 6.45) is 6.01. The third-order valence-electron chi connectivity index (χ3n) is 3.70. The number of piperidine rings is 1. The summed E-state index contributed by atoms with van der Waals surface area (Å²) in [6, 6.07) is 8.50. The van der Waals surface area contributed by atoms with Gasteiger partial charge in [0.2, 0.25) is 0 Å². The van der Waals surface area contributed by atoms with Gasteiger partial charge in [-0.05, 0) is 32.4 Å². The number of aryl methyl sites for hydroxylation is 1. The predicted octanol–water partition coefficient (Wildman–Crippen LogP) is 2.92. The lowest BCUT2D eigenvalue weighted by molar-refractivity contribution is 0.454. The Labute approximate surface area is 114 Å². The van der Waals surface area contributed by atoms with E-state index in [-0.39, 0.29) is 0 Å². The maximum Gasteiger partial charge on any atom is 0.0920 e. The molecule has 1 atom stereocenters. The van der Waals surface area contributed by atoms with E-state index < -0.39 is 0 Å². The Morgan fingerprint density at radius 1 is 1.21 bits per heavy atom. The van der Waals surface area contributed by atoms with Gasteiger partial charge in [-0.1, -0.05) is 23.8 Å². The Hall–Kier alpha value is -1.74. The minimum absolute atomic E-state index is 0.484. The zero-order chi connectivity index (χ0) is 13.1. The van der Waals surface area contributed by atoms with E-state index in [0.29, 0.717) is 5.92 Å². The van der Waals surface area contributed by atoms with Gasteiger partial charge in [0.25, 0.3) is 0 Å². The lowest BCUT2D eigenvalue weighted by atomic mass is 9.92. The fourth-order valence-corrected chi connectivity index (χ4v) is 2.75. The Balaban J connectivity index is 2.01. The molecule has 0 radical (unpaired) electrons. The van der Waals surface area contributed by atoms with E-state index in [9.17, 15) is 0 Å². The second-order valence-electron chi connectivity index (χ2n) is 5.20. The molecule has 0 spiro atoms. The van der Waals surface area contributed by atoms with Gasteiger partial charge in [0.05, 0.1) is 11.4 Å². The minimum Gasteiger partial charge on any atom is -0.316 e. The molecule has 1 N–H and O–H groups in total. The normalized spacial score (nSPS) is 19.3. The van der Waals surface area contributed by atoms with Gasteiger partial charge in [-0.15, -0.1) is 0 Å². The summed E-state index contributed by atoms with van der Waals surface area (Å²) in [4.78, 5) is 9.18. The smallest absolute Gasteiger partial charge is 0.0920 e. The lowest BCUT2D eigenvalue weighted by Crippen LogP contribution is -2.29. The van der Waals surface area contributed by atoms with Crippen molar-refractivity contribution in [3.8, 4) is 11.3 Å². The van der Waals surface area contributed by atoms with E-state index >= 15 is 0 Å². The molecule has 0 bridgehead atoms. The highest BCUT2D eigenvalue weighted by Gasteiger charge is 2.20. The summed E-state index contributed by atoms with van der Waals surface area (Å²) < 4.78 is 0. The van der Waals surface area contributed by atoms with Crippen molar-refractivity contribution < 1.29 is 0 Å². The second-order valence-corrected chi connectivity index (χ2v) is 5.20. The minimum atomic E-state index is 0.484.